The minimum atomic E-state index is 0.367. The highest BCUT2D eigenvalue weighted by Gasteiger charge is 1.94. The molecule has 1 nitrogen and oxygen atoms in total. The van der Waals surface area contributed by atoms with Crippen molar-refractivity contribution in [2.75, 3.05) is 6.61 Å². The van der Waals surface area contributed by atoms with Gasteiger partial charge in [0.25, 0.3) is 0 Å². The number of aliphatic hydroxyl groups is 1. The average molecular weight is 266 g/mol. The fourth-order valence-corrected chi connectivity index (χ4v) is 2.55. The van der Waals surface area contributed by atoms with E-state index in [0.717, 1.165) is 12.7 Å². The van der Waals surface area contributed by atoms with Crippen molar-refractivity contribution >= 4 is 7.85 Å². The first-order valence-electron chi connectivity index (χ1n) is 8.72. The summed E-state index contributed by atoms with van der Waals surface area (Å²) in [5.41, 5.74) is 0. The molecule has 0 amide bonds. The Kier molecular flexibility index (Phi) is 18.0. The number of aliphatic hydroxyl groups excluding tert-OH is 1. The van der Waals surface area contributed by atoms with Gasteiger partial charge in [-0.05, 0) is 6.42 Å². The molecule has 0 saturated carbocycles. The van der Waals surface area contributed by atoms with Crippen molar-refractivity contribution < 1.29 is 5.11 Å². The lowest BCUT2D eigenvalue weighted by Gasteiger charge is -2.03. The summed E-state index contributed by atoms with van der Waals surface area (Å²) in [6.45, 7) is 0.367. The highest BCUT2D eigenvalue weighted by atomic mass is 16.2. The van der Waals surface area contributed by atoms with Crippen LogP contribution >= 0.6 is 0 Å². The summed E-state index contributed by atoms with van der Waals surface area (Å²) < 4.78 is 0. The Morgan fingerprint density at radius 3 is 0.947 bits per heavy atom. The minimum absolute atomic E-state index is 0.367. The summed E-state index contributed by atoms with van der Waals surface area (Å²) in [4.78, 5) is 0. The molecule has 0 fully saturated rings. The Bertz CT molecular complexity index is 134. The second kappa shape index (κ2) is 18.0. The van der Waals surface area contributed by atoms with Crippen LogP contribution in [0.2, 0.25) is 6.32 Å². The molecule has 0 aliphatic carbocycles. The van der Waals surface area contributed by atoms with E-state index in [1.807, 2.05) is 0 Å². The number of unbranched alkanes of at least 4 members (excludes halogenated alkanes) is 14. The lowest BCUT2D eigenvalue weighted by Crippen LogP contribution is -1.85. The number of rotatable bonds is 16. The SMILES string of the molecule is [B]CCCCCCCCCCCCCCCCCO. The van der Waals surface area contributed by atoms with E-state index < -0.39 is 0 Å². The molecule has 0 rings (SSSR count). The first-order chi connectivity index (χ1) is 9.41. The maximum absolute atomic E-state index is 8.66. The van der Waals surface area contributed by atoms with Crippen LogP contribution in [0.1, 0.15) is 96.3 Å². The zero-order valence-corrected chi connectivity index (χ0v) is 13.0. The van der Waals surface area contributed by atoms with Crippen LogP contribution in [0.5, 0.6) is 0 Å². The van der Waals surface area contributed by atoms with Gasteiger partial charge >= 0.3 is 0 Å². The first-order valence-corrected chi connectivity index (χ1v) is 8.72. The smallest absolute Gasteiger partial charge is 0.0653 e. The molecule has 0 aliphatic heterocycles. The fraction of sp³-hybridized carbons (Fsp3) is 1.00. The van der Waals surface area contributed by atoms with E-state index in [0.29, 0.717) is 6.61 Å². The van der Waals surface area contributed by atoms with Crippen LogP contribution in [-0.4, -0.2) is 19.6 Å². The Labute approximate surface area is 123 Å². The lowest BCUT2D eigenvalue weighted by molar-refractivity contribution is 0.282. The fourth-order valence-electron chi connectivity index (χ4n) is 2.55. The molecule has 2 heteroatoms. The topological polar surface area (TPSA) is 20.2 Å². The first kappa shape index (κ1) is 19.0. The molecule has 0 aliphatic rings. The van der Waals surface area contributed by atoms with E-state index in [4.69, 9.17) is 13.0 Å². The summed E-state index contributed by atoms with van der Waals surface area (Å²) in [7, 11) is 5.47. The van der Waals surface area contributed by atoms with Gasteiger partial charge in [-0.1, -0.05) is 96.2 Å². The van der Waals surface area contributed by atoms with Crippen molar-refractivity contribution in [3.63, 3.8) is 0 Å². The van der Waals surface area contributed by atoms with Gasteiger partial charge in [-0.3, -0.25) is 0 Å². The molecule has 1 N–H and O–H groups in total. The van der Waals surface area contributed by atoms with E-state index in [-0.39, 0.29) is 0 Å². The Balaban J connectivity index is 2.88. The predicted octanol–water partition coefficient (Wildman–Crippen LogP) is 5.42. The highest BCUT2D eigenvalue weighted by Crippen LogP contribution is 2.13. The van der Waals surface area contributed by atoms with Crippen LogP contribution in [-0.2, 0) is 0 Å². The summed E-state index contributed by atoms with van der Waals surface area (Å²) in [6, 6.07) is 0. The molecular weight excluding hydrogens is 231 g/mol. The van der Waals surface area contributed by atoms with Gasteiger partial charge in [0.15, 0.2) is 0 Å². The summed E-state index contributed by atoms with van der Waals surface area (Å²) >= 11 is 0. The molecule has 0 aromatic carbocycles. The third-order valence-corrected chi connectivity index (χ3v) is 3.86. The molecule has 2 radical (unpaired) electrons. The standard InChI is InChI=1S/C17H35BO/c18-16-14-12-10-8-6-4-2-1-3-5-7-9-11-13-15-17-19/h19H,1-17H2. The Hall–Kier alpha value is 0.0249. The van der Waals surface area contributed by atoms with Crippen molar-refractivity contribution in [1.82, 2.24) is 0 Å². The van der Waals surface area contributed by atoms with Crippen LogP contribution in [0.25, 0.3) is 0 Å². The number of hydrogen-bond acceptors (Lipinski definition) is 1. The van der Waals surface area contributed by atoms with E-state index in [1.165, 1.54) is 89.9 Å². The molecule has 0 unspecified atom stereocenters. The molecule has 19 heavy (non-hydrogen) atoms. The Morgan fingerprint density at radius 2 is 0.684 bits per heavy atom. The third-order valence-electron chi connectivity index (χ3n) is 3.86. The molecule has 0 bridgehead atoms. The molecule has 0 spiro atoms. The quantitative estimate of drug-likeness (QED) is 0.292. The van der Waals surface area contributed by atoms with Gasteiger partial charge in [-0.25, -0.2) is 0 Å². The van der Waals surface area contributed by atoms with Crippen molar-refractivity contribution in [1.29, 1.82) is 0 Å². The summed E-state index contributed by atoms with van der Waals surface area (Å²) in [6.07, 6.45) is 21.0. The molecule has 112 valence electrons. The van der Waals surface area contributed by atoms with E-state index >= 15 is 0 Å². The van der Waals surface area contributed by atoms with Crippen LogP contribution in [0, 0.1) is 0 Å². The number of hydrogen-bond donors (Lipinski definition) is 1. The van der Waals surface area contributed by atoms with Gasteiger partial charge in [0.05, 0.1) is 7.85 Å². The molecule has 0 aromatic rings. The van der Waals surface area contributed by atoms with Crippen LogP contribution < -0.4 is 0 Å². The van der Waals surface area contributed by atoms with Crippen molar-refractivity contribution in [3.05, 3.63) is 0 Å². The van der Waals surface area contributed by atoms with Crippen molar-refractivity contribution in [3.8, 4) is 0 Å². The average Bonchev–Trinajstić information content (AvgIpc) is 2.43. The summed E-state index contributed by atoms with van der Waals surface area (Å²) in [5, 5.41) is 8.66. The third kappa shape index (κ3) is 18.0. The molecule has 0 aromatic heterocycles. The highest BCUT2D eigenvalue weighted by molar-refractivity contribution is 6.08. The van der Waals surface area contributed by atoms with E-state index in [2.05, 4.69) is 0 Å². The largest absolute Gasteiger partial charge is 0.396 e. The van der Waals surface area contributed by atoms with Crippen molar-refractivity contribution in [2.24, 2.45) is 0 Å². The van der Waals surface area contributed by atoms with Crippen molar-refractivity contribution in [2.45, 2.75) is 103 Å². The zero-order valence-electron chi connectivity index (χ0n) is 13.0. The molecule has 0 atom stereocenters. The van der Waals surface area contributed by atoms with E-state index in [9.17, 15) is 0 Å². The second-order valence-electron chi connectivity index (χ2n) is 5.82. The van der Waals surface area contributed by atoms with Gasteiger partial charge < -0.3 is 5.11 Å². The van der Waals surface area contributed by atoms with Gasteiger partial charge in [-0.15, -0.1) is 0 Å². The van der Waals surface area contributed by atoms with Gasteiger partial charge in [0.1, 0.15) is 0 Å². The zero-order chi connectivity index (χ0) is 14.0. The van der Waals surface area contributed by atoms with Crippen LogP contribution in [0.15, 0.2) is 0 Å². The Morgan fingerprint density at radius 1 is 0.421 bits per heavy atom. The molecule has 0 saturated heterocycles. The molecule has 0 heterocycles. The second-order valence-corrected chi connectivity index (χ2v) is 5.82. The monoisotopic (exact) mass is 266 g/mol. The van der Waals surface area contributed by atoms with Crippen LogP contribution in [0.3, 0.4) is 0 Å². The maximum Gasteiger partial charge on any atom is 0.0653 e. The lowest BCUT2D eigenvalue weighted by atomic mass is 9.98. The predicted molar refractivity (Wildman–Crippen MR) is 86.9 cm³/mol. The maximum atomic E-state index is 8.66. The van der Waals surface area contributed by atoms with Gasteiger partial charge in [0.2, 0.25) is 0 Å². The molecular formula is C17H35BO. The van der Waals surface area contributed by atoms with Crippen LogP contribution in [0.4, 0.5) is 0 Å². The van der Waals surface area contributed by atoms with Gasteiger partial charge in [0, 0.05) is 6.61 Å². The summed E-state index contributed by atoms with van der Waals surface area (Å²) in [5.74, 6) is 0. The van der Waals surface area contributed by atoms with E-state index in [1.54, 1.807) is 0 Å². The minimum Gasteiger partial charge on any atom is -0.396 e. The normalized spacial score (nSPS) is 11.0. The van der Waals surface area contributed by atoms with Gasteiger partial charge in [-0.2, -0.15) is 0 Å².